The largest absolute Gasteiger partial charge is 0.268 e. The maximum atomic E-state index is 13.1. The van der Waals surface area contributed by atoms with Gasteiger partial charge in [-0.1, -0.05) is 43.0 Å². The number of aromatic nitrogens is 2. The molecule has 0 saturated heterocycles. The Morgan fingerprint density at radius 3 is 2.50 bits per heavy atom. The molecule has 0 amide bonds. The number of hydrogen-bond donors (Lipinski definition) is 1. The fourth-order valence-corrected chi connectivity index (χ4v) is 4.28. The van der Waals surface area contributed by atoms with Crippen molar-refractivity contribution in [3.05, 3.63) is 64.4 Å². The standard InChI is InChI=1S/C20H23N3O3S2/c1-3-15-9-11-16(12-10-15)23-19(24)17-7-4-5-8-18(17)22-20(23)27-14-6-13-21-28(2,25)26/h4-5,7-12,21H,3,6,13-14H2,1-2H3. The molecule has 0 aliphatic carbocycles. The molecular formula is C20H23N3O3S2. The molecule has 8 heteroatoms. The number of hydrogen-bond acceptors (Lipinski definition) is 5. The van der Waals surface area contributed by atoms with Crippen molar-refractivity contribution >= 4 is 32.7 Å². The van der Waals surface area contributed by atoms with Gasteiger partial charge < -0.3 is 0 Å². The summed E-state index contributed by atoms with van der Waals surface area (Å²) >= 11 is 1.45. The first kappa shape index (κ1) is 20.6. The number of thioether (sulfide) groups is 1. The molecule has 3 rings (SSSR count). The monoisotopic (exact) mass is 417 g/mol. The van der Waals surface area contributed by atoms with E-state index in [1.54, 1.807) is 10.6 Å². The van der Waals surface area contributed by atoms with Crippen LogP contribution in [0.2, 0.25) is 0 Å². The molecule has 1 heterocycles. The van der Waals surface area contributed by atoms with Gasteiger partial charge in [-0.2, -0.15) is 0 Å². The van der Waals surface area contributed by atoms with Crippen molar-refractivity contribution in [3.63, 3.8) is 0 Å². The Morgan fingerprint density at radius 1 is 1.11 bits per heavy atom. The predicted octanol–water partition coefficient (Wildman–Crippen LogP) is 2.98. The molecule has 0 bridgehead atoms. The van der Waals surface area contributed by atoms with Crippen LogP contribution in [0.4, 0.5) is 0 Å². The van der Waals surface area contributed by atoms with Crippen LogP contribution in [-0.4, -0.2) is 36.5 Å². The second-order valence-electron chi connectivity index (χ2n) is 6.44. The highest BCUT2D eigenvalue weighted by atomic mass is 32.2. The summed E-state index contributed by atoms with van der Waals surface area (Å²) in [5, 5.41) is 1.18. The molecule has 0 unspecified atom stereocenters. The lowest BCUT2D eigenvalue weighted by Gasteiger charge is -2.13. The summed E-state index contributed by atoms with van der Waals surface area (Å²) in [7, 11) is -3.19. The molecule has 0 aliphatic rings. The van der Waals surface area contributed by atoms with E-state index in [9.17, 15) is 13.2 Å². The van der Waals surface area contributed by atoms with Crippen molar-refractivity contribution in [2.24, 2.45) is 0 Å². The van der Waals surface area contributed by atoms with Gasteiger partial charge in [0.05, 0.1) is 22.8 Å². The number of para-hydroxylation sites is 1. The summed E-state index contributed by atoms with van der Waals surface area (Å²) in [6, 6.07) is 15.2. The molecule has 0 spiro atoms. The van der Waals surface area contributed by atoms with E-state index in [0.717, 1.165) is 18.4 Å². The van der Waals surface area contributed by atoms with Gasteiger partial charge in [0.25, 0.3) is 5.56 Å². The van der Waals surface area contributed by atoms with Gasteiger partial charge in [-0.25, -0.2) is 18.1 Å². The summed E-state index contributed by atoms with van der Waals surface area (Å²) in [5.74, 6) is 0.639. The second kappa shape index (κ2) is 8.89. The van der Waals surface area contributed by atoms with Crippen molar-refractivity contribution in [2.75, 3.05) is 18.6 Å². The van der Waals surface area contributed by atoms with Crippen LogP contribution in [0.3, 0.4) is 0 Å². The van der Waals surface area contributed by atoms with Crippen molar-refractivity contribution < 1.29 is 8.42 Å². The number of aryl methyl sites for hydroxylation is 1. The molecule has 0 saturated carbocycles. The normalized spacial score (nSPS) is 11.8. The number of benzene rings is 2. The van der Waals surface area contributed by atoms with Crippen molar-refractivity contribution in [1.82, 2.24) is 14.3 Å². The van der Waals surface area contributed by atoms with Gasteiger partial charge in [0, 0.05) is 12.3 Å². The van der Waals surface area contributed by atoms with E-state index in [2.05, 4.69) is 16.6 Å². The van der Waals surface area contributed by atoms with E-state index in [0.29, 0.717) is 34.8 Å². The van der Waals surface area contributed by atoms with Gasteiger partial charge in [0.15, 0.2) is 5.16 Å². The first-order chi connectivity index (χ1) is 13.4. The molecule has 1 aromatic heterocycles. The molecule has 148 valence electrons. The van der Waals surface area contributed by atoms with Crippen LogP contribution < -0.4 is 10.3 Å². The summed E-state index contributed by atoms with van der Waals surface area (Å²) in [5.41, 5.74) is 2.53. The highest BCUT2D eigenvalue weighted by molar-refractivity contribution is 7.99. The van der Waals surface area contributed by atoms with Crippen LogP contribution in [0.5, 0.6) is 0 Å². The Balaban J connectivity index is 1.93. The van der Waals surface area contributed by atoms with Crippen LogP contribution in [0.1, 0.15) is 18.9 Å². The highest BCUT2D eigenvalue weighted by Crippen LogP contribution is 2.22. The van der Waals surface area contributed by atoms with Gasteiger partial charge in [-0.3, -0.25) is 9.36 Å². The van der Waals surface area contributed by atoms with E-state index in [1.165, 1.54) is 17.3 Å². The molecule has 1 N–H and O–H groups in total. The average Bonchev–Trinajstić information content (AvgIpc) is 2.67. The van der Waals surface area contributed by atoms with Gasteiger partial charge >= 0.3 is 0 Å². The van der Waals surface area contributed by atoms with Crippen LogP contribution in [0.25, 0.3) is 16.6 Å². The first-order valence-corrected chi connectivity index (χ1v) is 12.0. The minimum Gasteiger partial charge on any atom is -0.268 e. The molecule has 0 atom stereocenters. The Labute approximate surface area is 169 Å². The topological polar surface area (TPSA) is 81.1 Å². The lowest BCUT2D eigenvalue weighted by atomic mass is 10.1. The molecule has 28 heavy (non-hydrogen) atoms. The molecule has 3 aromatic rings. The SMILES string of the molecule is CCc1ccc(-n2c(SCCCNS(C)(=O)=O)nc3ccccc3c2=O)cc1. The van der Waals surface area contributed by atoms with Gasteiger partial charge in [0.1, 0.15) is 0 Å². The Bertz CT molecular complexity index is 1120. The van der Waals surface area contributed by atoms with Crippen LogP contribution in [0.15, 0.2) is 58.5 Å². The van der Waals surface area contributed by atoms with Gasteiger partial charge in [-0.15, -0.1) is 0 Å². The molecule has 2 aromatic carbocycles. The third kappa shape index (κ3) is 5.01. The second-order valence-corrected chi connectivity index (χ2v) is 9.34. The van der Waals surface area contributed by atoms with Crippen LogP contribution in [0, 0.1) is 0 Å². The lowest BCUT2D eigenvalue weighted by Crippen LogP contribution is -2.24. The van der Waals surface area contributed by atoms with E-state index in [1.807, 2.05) is 42.5 Å². The zero-order valence-corrected chi connectivity index (χ0v) is 17.5. The summed E-state index contributed by atoms with van der Waals surface area (Å²) in [4.78, 5) is 17.8. The Morgan fingerprint density at radius 2 is 1.82 bits per heavy atom. The predicted molar refractivity (Wildman–Crippen MR) is 115 cm³/mol. The zero-order valence-electron chi connectivity index (χ0n) is 15.9. The minimum atomic E-state index is -3.19. The number of sulfonamides is 1. The first-order valence-electron chi connectivity index (χ1n) is 9.07. The molecule has 0 radical (unpaired) electrons. The Hall–Kier alpha value is -2.16. The molecule has 0 aliphatic heterocycles. The Kier molecular flexibility index (Phi) is 6.53. The third-order valence-corrected chi connectivity index (χ3v) is 6.02. The number of fused-ring (bicyclic) bond motifs is 1. The number of nitrogens with zero attached hydrogens (tertiary/aromatic N) is 2. The van der Waals surface area contributed by atoms with Gasteiger partial charge in [-0.05, 0) is 42.7 Å². The van der Waals surface area contributed by atoms with E-state index >= 15 is 0 Å². The molecule has 0 fully saturated rings. The van der Waals surface area contributed by atoms with Crippen molar-refractivity contribution in [3.8, 4) is 5.69 Å². The molecular weight excluding hydrogens is 394 g/mol. The average molecular weight is 418 g/mol. The van der Waals surface area contributed by atoms with E-state index in [4.69, 9.17) is 0 Å². The van der Waals surface area contributed by atoms with Crippen LogP contribution in [-0.2, 0) is 16.4 Å². The van der Waals surface area contributed by atoms with Crippen molar-refractivity contribution in [2.45, 2.75) is 24.9 Å². The number of rotatable bonds is 8. The fourth-order valence-electron chi connectivity index (χ4n) is 2.81. The summed E-state index contributed by atoms with van der Waals surface area (Å²) in [6.45, 7) is 2.44. The zero-order chi connectivity index (χ0) is 20.1. The maximum Gasteiger partial charge on any atom is 0.266 e. The molecule has 6 nitrogen and oxygen atoms in total. The van der Waals surface area contributed by atoms with Crippen molar-refractivity contribution in [1.29, 1.82) is 0 Å². The smallest absolute Gasteiger partial charge is 0.266 e. The van der Waals surface area contributed by atoms with Gasteiger partial charge in [0.2, 0.25) is 10.0 Å². The van der Waals surface area contributed by atoms with E-state index < -0.39 is 10.0 Å². The summed E-state index contributed by atoms with van der Waals surface area (Å²) in [6.07, 6.45) is 2.71. The van der Waals surface area contributed by atoms with E-state index in [-0.39, 0.29) is 5.56 Å². The minimum absolute atomic E-state index is 0.105. The van der Waals surface area contributed by atoms with Crippen LogP contribution >= 0.6 is 11.8 Å². The maximum absolute atomic E-state index is 13.1. The highest BCUT2D eigenvalue weighted by Gasteiger charge is 2.13. The third-order valence-electron chi connectivity index (χ3n) is 4.26. The lowest BCUT2D eigenvalue weighted by molar-refractivity contribution is 0.587. The fraction of sp³-hybridized carbons (Fsp3) is 0.300. The summed E-state index contributed by atoms with van der Waals surface area (Å²) < 4.78 is 26.5. The number of nitrogens with one attached hydrogen (secondary N) is 1. The quantitative estimate of drug-likeness (QED) is 0.346.